The van der Waals surface area contributed by atoms with E-state index < -0.39 is 66.2 Å². The molecule has 0 radical (unpaired) electrons. The lowest BCUT2D eigenvalue weighted by Gasteiger charge is -2.25. The number of aromatic amines is 1. The number of primary amides is 1. The van der Waals surface area contributed by atoms with E-state index in [0.29, 0.717) is 5.56 Å². The topological polar surface area (TPSA) is 247 Å². The zero-order valence-corrected chi connectivity index (χ0v) is 22.3. The van der Waals surface area contributed by atoms with Crippen molar-refractivity contribution < 1.29 is 39.0 Å². The molecule has 10 N–H and O–H groups in total. The number of amides is 4. The molecule has 0 spiro atoms. The molecule has 1 aromatic carbocycles. The summed E-state index contributed by atoms with van der Waals surface area (Å²) in [5, 5.41) is 26.8. The molecule has 0 aliphatic rings. The first-order chi connectivity index (χ1) is 18.8. The van der Waals surface area contributed by atoms with Crippen molar-refractivity contribution in [3.05, 3.63) is 36.0 Å². The maximum Gasteiger partial charge on any atom is 0.326 e. The number of carboxylic acids is 2. The molecule has 14 nitrogen and oxygen atoms in total. The molecule has 2 rings (SSSR count). The predicted octanol–water partition coefficient (Wildman–Crippen LogP) is -0.637. The average molecular weight is 561 g/mol. The Morgan fingerprint density at radius 1 is 0.900 bits per heavy atom. The highest BCUT2D eigenvalue weighted by Gasteiger charge is 2.32. The van der Waals surface area contributed by atoms with E-state index in [9.17, 15) is 39.0 Å². The molecular formula is C26H36N6O8. The van der Waals surface area contributed by atoms with Gasteiger partial charge in [0.05, 0.1) is 12.5 Å². The van der Waals surface area contributed by atoms with Crippen LogP contribution in [-0.4, -0.2) is 74.9 Å². The Hall–Kier alpha value is -4.46. The first kappa shape index (κ1) is 31.8. The van der Waals surface area contributed by atoms with Gasteiger partial charge in [0.25, 0.3) is 0 Å². The van der Waals surface area contributed by atoms with E-state index in [1.54, 1.807) is 32.2 Å². The Balaban J connectivity index is 2.31. The van der Waals surface area contributed by atoms with Crippen molar-refractivity contribution in [1.82, 2.24) is 20.9 Å². The zero-order valence-electron chi connectivity index (χ0n) is 22.3. The maximum atomic E-state index is 13.3. The van der Waals surface area contributed by atoms with Crippen molar-refractivity contribution in [2.45, 2.75) is 70.1 Å². The highest BCUT2D eigenvalue weighted by atomic mass is 16.4. The van der Waals surface area contributed by atoms with Gasteiger partial charge >= 0.3 is 11.9 Å². The maximum absolute atomic E-state index is 13.3. The molecule has 4 atom stereocenters. The lowest BCUT2D eigenvalue weighted by Crippen LogP contribution is -2.58. The number of rotatable bonds is 16. The summed E-state index contributed by atoms with van der Waals surface area (Å²) in [6, 6.07) is 1.81. The van der Waals surface area contributed by atoms with Crippen LogP contribution in [0.25, 0.3) is 10.9 Å². The summed E-state index contributed by atoms with van der Waals surface area (Å²) >= 11 is 0. The number of aromatic nitrogens is 1. The van der Waals surface area contributed by atoms with Crippen LogP contribution in [0.2, 0.25) is 0 Å². The molecule has 1 aromatic heterocycles. The number of para-hydroxylation sites is 1. The van der Waals surface area contributed by atoms with E-state index in [-0.39, 0.29) is 31.6 Å². The van der Waals surface area contributed by atoms with Gasteiger partial charge < -0.3 is 42.6 Å². The fourth-order valence-corrected chi connectivity index (χ4v) is 4.06. The molecule has 4 amide bonds. The predicted molar refractivity (Wildman–Crippen MR) is 144 cm³/mol. The monoisotopic (exact) mass is 560 g/mol. The van der Waals surface area contributed by atoms with Crippen molar-refractivity contribution in [3.63, 3.8) is 0 Å². The Morgan fingerprint density at radius 3 is 2.10 bits per heavy atom. The Labute approximate surface area is 230 Å². The number of benzene rings is 1. The van der Waals surface area contributed by atoms with Crippen LogP contribution in [0.5, 0.6) is 0 Å². The molecule has 0 fully saturated rings. The minimum absolute atomic E-state index is 0.0583. The van der Waals surface area contributed by atoms with Crippen molar-refractivity contribution in [2.24, 2.45) is 17.4 Å². The lowest BCUT2D eigenvalue weighted by molar-refractivity contribution is -0.143. The Morgan fingerprint density at radius 2 is 1.50 bits per heavy atom. The number of H-pyrrole nitrogens is 1. The summed E-state index contributed by atoms with van der Waals surface area (Å²) in [5.41, 5.74) is 12.2. The molecule has 0 aliphatic heterocycles. The van der Waals surface area contributed by atoms with Crippen LogP contribution < -0.4 is 27.4 Å². The zero-order chi connectivity index (χ0) is 30.0. The van der Waals surface area contributed by atoms with Gasteiger partial charge in [-0.05, 0) is 30.4 Å². The van der Waals surface area contributed by atoms with E-state index in [4.69, 9.17) is 11.5 Å². The second kappa shape index (κ2) is 14.6. The number of hydrogen-bond acceptors (Lipinski definition) is 7. The third-order valence-corrected chi connectivity index (χ3v) is 6.10. The molecule has 0 saturated carbocycles. The van der Waals surface area contributed by atoms with E-state index in [1.165, 1.54) is 0 Å². The SMILES string of the molecule is CC(C)CC(NC(=O)C(Cc1c[nH]c2ccccc12)NC(=O)C(CC(=O)O)NC(=O)C(N)CCC(N)=O)C(=O)O. The summed E-state index contributed by atoms with van der Waals surface area (Å²) in [7, 11) is 0. The van der Waals surface area contributed by atoms with Crippen LogP contribution in [0.15, 0.2) is 30.5 Å². The molecule has 0 saturated heterocycles. The number of carboxylic acid groups (broad SMARTS) is 2. The minimum Gasteiger partial charge on any atom is -0.481 e. The van der Waals surface area contributed by atoms with Gasteiger partial charge in [-0.3, -0.25) is 24.0 Å². The Kier molecular flexibility index (Phi) is 11.6. The molecule has 1 heterocycles. The highest BCUT2D eigenvalue weighted by molar-refractivity contribution is 5.96. The average Bonchev–Trinajstić information content (AvgIpc) is 3.28. The molecule has 4 unspecified atom stereocenters. The van der Waals surface area contributed by atoms with Crippen molar-refractivity contribution in [1.29, 1.82) is 0 Å². The van der Waals surface area contributed by atoms with Crippen LogP contribution in [-0.2, 0) is 35.2 Å². The fraction of sp³-hybridized carbons (Fsp3) is 0.462. The van der Waals surface area contributed by atoms with Crippen LogP contribution >= 0.6 is 0 Å². The van der Waals surface area contributed by atoms with E-state index in [1.807, 2.05) is 12.1 Å². The van der Waals surface area contributed by atoms with Crippen LogP contribution in [0.4, 0.5) is 0 Å². The van der Waals surface area contributed by atoms with Gasteiger partial charge in [0.2, 0.25) is 23.6 Å². The number of nitrogens with one attached hydrogen (secondary N) is 4. The van der Waals surface area contributed by atoms with E-state index in [0.717, 1.165) is 10.9 Å². The molecule has 14 heteroatoms. The number of carbonyl (C=O) groups is 6. The molecular weight excluding hydrogens is 524 g/mol. The van der Waals surface area contributed by atoms with Crippen LogP contribution in [0, 0.1) is 5.92 Å². The second-order valence-electron chi connectivity index (χ2n) is 9.92. The van der Waals surface area contributed by atoms with Gasteiger partial charge in [0.15, 0.2) is 0 Å². The van der Waals surface area contributed by atoms with Gasteiger partial charge in [-0.1, -0.05) is 32.0 Å². The molecule has 0 bridgehead atoms. The number of fused-ring (bicyclic) bond motifs is 1. The van der Waals surface area contributed by atoms with Gasteiger partial charge in [-0.25, -0.2) is 4.79 Å². The number of nitrogens with two attached hydrogens (primary N) is 2. The van der Waals surface area contributed by atoms with Gasteiger partial charge in [0, 0.05) is 29.9 Å². The quantitative estimate of drug-likeness (QED) is 0.130. The lowest BCUT2D eigenvalue weighted by atomic mass is 10.0. The first-order valence-corrected chi connectivity index (χ1v) is 12.7. The standard InChI is InChI=1S/C26H36N6O8/c1-13(2)9-20(26(39)40)32-24(37)18(10-14-12-29-17-6-4-3-5-15(14)17)31-25(38)19(11-22(34)35)30-23(36)16(27)7-8-21(28)33/h3-6,12-13,16,18-20,29H,7-11,27H2,1-2H3,(H2,28,33)(H,30,36)(H,31,38)(H,32,37)(H,34,35)(H,39,40). The van der Waals surface area contributed by atoms with Gasteiger partial charge in [-0.15, -0.1) is 0 Å². The van der Waals surface area contributed by atoms with Crippen LogP contribution in [0.3, 0.4) is 0 Å². The first-order valence-electron chi connectivity index (χ1n) is 12.7. The summed E-state index contributed by atoms with van der Waals surface area (Å²) in [5.74, 6) is -6.09. The van der Waals surface area contributed by atoms with Crippen molar-refractivity contribution >= 4 is 46.5 Å². The fourth-order valence-electron chi connectivity index (χ4n) is 4.06. The summed E-state index contributed by atoms with van der Waals surface area (Å²) in [6.45, 7) is 3.58. The van der Waals surface area contributed by atoms with Crippen molar-refractivity contribution in [2.75, 3.05) is 0 Å². The number of carbonyl (C=O) groups excluding carboxylic acids is 4. The smallest absolute Gasteiger partial charge is 0.326 e. The minimum atomic E-state index is -1.62. The highest BCUT2D eigenvalue weighted by Crippen LogP contribution is 2.19. The third-order valence-electron chi connectivity index (χ3n) is 6.10. The number of aliphatic carboxylic acids is 2. The van der Waals surface area contributed by atoms with Gasteiger partial charge in [0.1, 0.15) is 18.1 Å². The van der Waals surface area contributed by atoms with Crippen LogP contribution in [0.1, 0.15) is 45.1 Å². The molecule has 218 valence electrons. The third kappa shape index (κ3) is 9.69. The normalized spacial score (nSPS) is 14.1. The Bertz CT molecular complexity index is 1240. The van der Waals surface area contributed by atoms with E-state index in [2.05, 4.69) is 20.9 Å². The summed E-state index contributed by atoms with van der Waals surface area (Å²) in [4.78, 5) is 76.2. The van der Waals surface area contributed by atoms with E-state index >= 15 is 0 Å². The van der Waals surface area contributed by atoms with Gasteiger partial charge in [-0.2, -0.15) is 0 Å². The summed E-state index contributed by atoms with van der Waals surface area (Å²) in [6.07, 6.45) is 0.566. The number of hydrogen-bond donors (Lipinski definition) is 8. The molecule has 2 aromatic rings. The second-order valence-corrected chi connectivity index (χ2v) is 9.92. The summed E-state index contributed by atoms with van der Waals surface area (Å²) < 4.78 is 0. The van der Waals surface area contributed by atoms with Crippen molar-refractivity contribution in [3.8, 4) is 0 Å². The molecule has 0 aliphatic carbocycles. The largest absolute Gasteiger partial charge is 0.481 e. The molecule has 40 heavy (non-hydrogen) atoms.